The second kappa shape index (κ2) is 5.29. The molecule has 0 radical (unpaired) electrons. The normalized spacial score (nSPS) is 20.6. The van der Waals surface area contributed by atoms with Crippen molar-refractivity contribution in [2.24, 2.45) is 0 Å². The van der Waals surface area contributed by atoms with Crippen LogP contribution in [0.5, 0.6) is 0 Å². The standard InChI is InChI=1S/C13H17NO3/c15-9-12-2-1-7-14(12)8-10-3-5-11(6-4-10)13(16)17/h3-6,12,15H,1-2,7-9H2,(H,16,17). The summed E-state index contributed by atoms with van der Waals surface area (Å²) in [5.74, 6) is -0.897. The summed E-state index contributed by atoms with van der Waals surface area (Å²) >= 11 is 0. The highest BCUT2D eigenvalue weighted by atomic mass is 16.4. The molecule has 0 saturated carbocycles. The van der Waals surface area contributed by atoms with Gasteiger partial charge in [-0.3, -0.25) is 4.90 Å². The molecule has 0 spiro atoms. The van der Waals surface area contributed by atoms with Crippen LogP contribution in [-0.2, 0) is 6.54 Å². The molecule has 1 aromatic rings. The molecule has 0 aliphatic carbocycles. The molecular weight excluding hydrogens is 218 g/mol. The van der Waals surface area contributed by atoms with Gasteiger partial charge in [0.2, 0.25) is 0 Å². The van der Waals surface area contributed by atoms with Gasteiger partial charge < -0.3 is 10.2 Å². The van der Waals surface area contributed by atoms with Crippen LogP contribution in [0.15, 0.2) is 24.3 Å². The molecule has 1 saturated heterocycles. The van der Waals surface area contributed by atoms with Gasteiger partial charge in [-0.05, 0) is 37.1 Å². The van der Waals surface area contributed by atoms with Gasteiger partial charge in [-0.2, -0.15) is 0 Å². The summed E-state index contributed by atoms with van der Waals surface area (Å²) in [6.45, 7) is 1.99. The molecule has 1 unspecified atom stereocenters. The van der Waals surface area contributed by atoms with Gasteiger partial charge in [0.1, 0.15) is 0 Å². The van der Waals surface area contributed by atoms with Gasteiger partial charge in [-0.25, -0.2) is 4.79 Å². The summed E-state index contributed by atoms with van der Waals surface area (Å²) in [7, 11) is 0. The van der Waals surface area contributed by atoms with Crippen LogP contribution >= 0.6 is 0 Å². The third-order valence-electron chi connectivity index (χ3n) is 3.30. The van der Waals surface area contributed by atoms with Gasteiger partial charge in [0.15, 0.2) is 0 Å². The molecule has 0 amide bonds. The second-order valence-corrected chi connectivity index (χ2v) is 4.45. The fourth-order valence-corrected chi connectivity index (χ4v) is 2.30. The Kier molecular flexibility index (Phi) is 3.76. The fraction of sp³-hybridized carbons (Fsp3) is 0.462. The number of nitrogens with zero attached hydrogens (tertiary/aromatic N) is 1. The van der Waals surface area contributed by atoms with Crippen LogP contribution in [0.4, 0.5) is 0 Å². The van der Waals surface area contributed by atoms with Crippen molar-refractivity contribution in [3.8, 4) is 0 Å². The number of aliphatic hydroxyl groups excluding tert-OH is 1. The van der Waals surface area contributed by atoms with Crippen LogP contribution in [0.1, 0.15) is 28.8 Å². The Morgan fingerprint density at radius 1 is 1.35 bits per heavy atom. The predicted molar refractivity (Wildman–Crippen MR) is 63.9 cm³/mol. The van der Waals surface area contributed by atoms with Crippen LogP contribution in [0, 0.1) is 0 Å². The molecule has 1 fully saturated rings. The number of aliphatic hydroxyl groups is 1. The van der Waals surface area contributed by atoms with Gasteiger partial charge in [-0.15, -0.1) is 0 Å². The summed E-state index contributed by atoms with van der Waals surface area (Å²) in [6.07, 6.45) is 2.17. The number of hydrogen-bond donors (Lipinski definition) is 2. The summed E-state index contributed by atoms with van der Waals surface area (Å²) < 4.78 is 0. The molecule has 1 aliphatic rings. The fourth-order valence-electron chi connectivity index (χ4n) is 2.30. The molecule has 1 aromatic carbocycles. The zero-order chi connectivity index (χ0) is 12.3. The van der Waals surface area contributed by atoms with Gasteiger partial charge in [0, 0.05) is 12.6 Å². The summed E-state index contributed by atoms with van der Waals surface area (Å²) in [4.78, 5) is 13.0. The van der Waals surface area contributed by atoms with E-state index in [1.54, 1.807) is 12.1 Å². The van der Waals surface area contributed by atoms with Crippen LogP contribution in [0.25, 0.3) is 0 Å². The van der Waals surface area contributed by atoms with E-state index in [0.717, 1.165) is 31.5 Å². The number of aromatic carboxylic acids is 1. The number of carbonyl (C=O) groups is 1. The Morgan fingerprint density at radius 3 is 2.65 bits per heavy atom. The minimum absolute atomic E-state index is 0.202. The van der Waals surface area contributed by atoms with E-state index in [1.165, 1.54) is 0 Å². The third kappa shape index (κ3) is 2.84. The Labute approximate surface area is 100 Å². The number of carboxylic acids is 1. The van der Waals surface area contributed by atoms with Crippen molar-refractivity contribution in [1.29, 1.82) is 0 Å². The topological polar surface area (TPSA) is 60.8 Å². The second-order valence-electron chi connectivity index (χ2n) is 4.45. The molecule has 92 valence electrons. The van der Waals surface area contributed by atoms with Crippen LogP contribution in [0.2, 0.25) is 0 Å². The maximum atomic E-state index is 10.7. The maximum absolute atomic E-state index is 10.7. The first-order valence-corrected chi connectivity index (χ1v) is 5.88. The van der Waals surface area contributed by atoms with Gasteiger partial charge >= 0.3 is 5.97 Å². The van der Waals surface area contributed by atoms with Gasteiger partial charge in [0.25, 0.3) is 0 Å². The average Bonchev–Trinajstić information content (AvgIpc) is 2.77. The molecule has 0 bridgehead atoms. The number of likely N-dealkylation sites (tertiary alicyclic amines) is 1. The van der Waals surface area contributed by atoms with E-state index >= 15 is 0 Å². The van der Waals surface area contributed by atoms with Crippen molar-refractivity contribution in [1.82, 2.24) is 4.90 Å². The zero-order valence-corrected chi connectivity index (χ0v) is 9.67. The van der Waals surface area contributed by atoms with Crippen LogP contribution in [0.3, 0.4) is 0 Å². The Balaban J connectivity index is 2.01. The Morgan fingerprint density at radius 2 is 2.06 bits per heavy atom. The summed E-state index contributed by atoms with van der Waals surface area (Å²) in [5.41, 5.74) is 1.41. The zero-order valence-electron chi connectivity index (χ0n) is 9.67. The number of benzene rings is 1. The van der Waals surface area contributed by atoms with Crippen molar-refractivity contribution in [3.05, 3.63) is 35.4 Å². The van der Waals surface area contributed by atoms with E-state index in [1.807, 2.05) is 12.1 Å². The van der Waals surface area contributed by atoms with Crippen molar-refractivity contribution < 1.29 is 15.0 Å². The SMILES string of the molecule is O=C(O)c1ccc(CN2CCCC2CO)cc1. The molecule has 1 atom stereocenters. The lowest BCUT2D eigenvalue weighted by Gasteiger charge is -2.22. The van der Waals surface area contributed by atoms with E-state index in [9.17, 15) is 9.90 Å². The monoisotopic (exact) mass is 235 g/mol. The smallest absolute Gasteiger partial charge is 0.335 e. The minimum atomic E-state index is -0.897. The lowest BCUT2D eigenvalue weighted by molar-refractivity contribution is 0.0697. The van der Waals surface area contributed by atoms with E-state index in [-0.39, 0.29) is 12.6 Å². The molecule has 2 rings (SSSR count). The first kappa shape index (κ1) is 12.1. The van der Waals surface area contributed by atoms with E-state index < -0.39 is 5.97 Å². The Bertz CT molecular complexity index is 388. The number of rotatable bonds is 4. The highest BCUT2D eigenvalue weighted by Crippen LogP contribution is 2.19. The average molecular weight is 235 g/mol. The number of carboxylic acid groups (broad SMARTS) is 1. The quantitative estimate of drug-likeness (QED) is 0.826. The first-order valence-electron chi connectivity index (χ1n) is 5.88. The molecule has 1 aliphatic heterocycles. The molecule has 4 nitrogen and oxygen atoms in total. The largest absolute Gasteiger partial charge is 0.478 e. The molecule has 0 aromatic heterocycles. The highest BCUT2D eigenvalue weighted by Gasteiger charge is 2.23. The van der Waals surface area contributed by atoms with Crippen molar-refractivity contribution in [2.75, 3.05) is 13.2 Å². The Hall–Kier alpha value is -1.39. The molecule has 4 heteroatoms. The minimum Gasteiger partial charge on any atom is -0.478 e. The highest BCUT2D eigenvalue weighted by molar-refractivity contribution is 5.87. The van der Waals surface area contributed by atoms with E-state index in [4.69, 9.17) is 5.11 Å². The van der Waals surface area contributed by atoms with Crippen LogP contribution in [-0.4, -0.2) is 40.3 Å². The third-order valence-corrected chi connectivity index (χ3v) is 3.30. The van der Waals surface area contributed by atoms with E-state index in [0.29, 0.717) is 5.56 Å². The maximum Gasteiger partial charge on any atom is 0.335 e. The van der Waals surface area contributed by atoms with Gasteiger partial charge in [-0.1, -0.05) is 12.1 Å². The molecule has 17 heavy (non-hydrogen) atoms. The van der Waals surface area contributed by atoms with E-state index in [2.05, 4.69) is 4.90 Å². The predicted octanol–water partition coefficient (Wildman–Crippen LogP) is 1.34. The molecular formula is C13H17NO3. The van der Waals surface area contributed by atoms with Crippen molar-refractivity contribution in [3.63, 3.8) is 0 Å². The number of hydrogen-bond acceptors (Lipinski definition) is 3. The lowest BCUT2D eigenvalue weighted by atomic mass is 10.1. The summed E-state index contributed by atoms with van der Waals surface area (Å²) in [6, 6.07) is 7.20. The van der Waals surface area contributed by atoms with Crippen LogP contribution < -0.4 is 0 Å². The molecule has 1 heterocycles. The molecule has 2 N–H and O–H groups in total. The lowest BCUT2D eigenvalue weighted by Crippen LogP contribution is -2.31. The first-order chi connectivity index (χ1) is 8.20. The van der Waals surface area contributed by atoms with Crippen molar-refractivity contribution >= 4 is 5.97 Å². The summed E-state index contributed by atoms with van der Waals surface area (Å²) in [5, 5.41) is 18.0. The van der Waals surface area contributed by atoms with Gasteiger partial charge in [0.05, 0.1) is 12.2 Å². The van der Waals surface area contributed by atoms with Crippen molar-refractivity contribution in [2.45, 2.75) is 25.4 Å².